The van der Waals surface area contributed by atoms with Crippen LogP contribution in [0.4, 0.5) is 0 Å². The number of aromatic nitrogens is 4. The fourth-order valence-electron chi connectivity index (χ4n) is 8.79. The molecule has 2 aromatic carbocycles. The first-order valence-corrected chi connectivity index (χ1v) is 26.6. The number of H-pyrrole nitrogens is 2. The van der Waals surface area contributed by atoms with Gasteiger partial charge in [-0.3, -0.25) is 29.0 Å². The van der Waals surface area contributed by atoms with E-state index in [1.807, 2.05) is 56.4 Å². The Morgan fingerprint density at radius 1 is 0.722 bits per heavy atom. The van der Waals surface area contributed by atoms with Gasteiger partial charge in [0.1, 0.15) is 12.1 Å². The van der Waals surface area contributed by atoms with E-state index in [4.69, 9.17) is 5.26 Å². The van der Waals surface area contributed by atoms with Crippen molar-refractivity contribution in [3.05, 3.63) is 107 Å². The van der Waals surface area contributed by atoms with Gasteiger partial charge in [0.05, 0.1) is 61.9 Å². The highest BCUT2D eigenvalue weighted by Crippen LogP contribution is 2.23. The highest BCUT2D eigenvalue weighted by Gasteiger charge is 2.33. The Labute approximate surface area is 428 Å². The van der Waals surface area contributed by atoms with Crippen molar-refractivity contribution in [2.45, 2.75) is 88.6 Å². The largest absolute Gasteiger partial charge is 0.480 e. The van der Waals surface area contributed by atoms with E-state index >= 15 is 0 Å². The fraction of sp³-hybridized carbons (Fsp3) is 0.480. The van der Waals surface area contributed by atoms with E-state index in [9.17, 15) is 44.2 Å². The molecule has 6 rings (SSSR count). The summed E-state index contributed by atoms with van der Waals surface area (Å²) in [4.78, 5) is 96.3. The van der Waals surface area contributed by atoms with Gasteiger partial charge in [0, 0.05) is 75.1 Å². The molecule has 0 aliphatic carbocycles. The van der Waals surface area contributed by atoms with E-state index in [-0.39, 0.29) is 55.7 Å². The molecule has 384 valence electrons. The van der Waals surface area contributed by atoms with Gasteiger partial charge >= 0.3 is 11.9 Å². The van der Waals surface area contributed by atoms with Crippen molar-refractivity contribution in [3.8, 4) is 12.1 Å². The zero-order valence-electron chi connectivity index (χ0n) is 40.7. The number of nitriles is 2. The number of carbonyl (C=O) groups excluding carboxylic acids is 4. The average Bonchev–Trinajstić information content (AvgIpc) is 4.23. The minimum absolute atomic E-state index is 0.00211. The first kappa shape index (κ1) is 56.2. The molecule has 0 bridgehead atoms. The molecule has 22 heteroatoms. The molecule has 0 spiro atoms. The van der Waals surface area contributed by atoms with Crippen molar-refractivity contribution in [2.75, 3.05) is 63.3 Å². The summed E-state index contributed by atoms with van der Waals surface area (Å²) in [6.45, 7) is 2.94. The Balaban J connectivity index is 0.000000267. The molecule has 6 N–H and O–H groups in total. The zero-order valence-corrected chi connectivity index (χ0v) is 42.3. The topological polar surface area (TPSA) is 285 Å². The quantitative estimate of drug-likeness (QED) is 0.0526. The number of hydrogen-bond donors (Lipinski definition) is 6. The van der Waals surface area contributed by atoms with Gasteiger partial charge in [-0.25, -0.2) is 19.6 Å². The van der Waals surface area contributed by atoms with Crippen LogP contribution in [0.3, 0.4) is 0 Å². The summed E-state index contributed by atoms with van der Waals surface area (Å²) in [5.74, 6) is -1.64. The summed E-state index contributed by atoms with van der Waals surface area (Å²) in [5, 5.41) is 42.9. The van der Waals surface area contributed by atoms with Gasteiger partial charge in [-0.05, 0) is 91.9 Å². The van der Waals surface area contributed by atoms with Crippen LogP contribution in [0.1, 0.15) is 72.2 Å². The van der Waals surface area contributed by atoms with Gasteiger partial charge in [-0.15, -0.1) is 0 Å². The number of amides is 4. The molecule has 2 aliphatic heterocycles. The molecule has 4 atom stereocenters. The lowest BCUT2D eigenvalue weighted by Gasteiger charge is -2.31. The van der Waals surface area contributed by atoms with E-state index < -0.39 is 29.9 Å². The number of rotatable bonds is 26. The molecule has 0 saturated carbocycles. The molecule has 2 saturated heterocycles. The first-order chi connectivity index (χ1) is 34.8. The maximum absolute atomic E-state index is 13.0. The third-order valence-electron chi connectivity index (χ3n) is 12.4. The van der Waals surface area contributed by atoms with Crippen LogP contribution in [-0.2, 0) is 54.7 Å². The number of carboxylic acids is 2. The lowest BCUT2D eigenvalue weighted by molar-refractivity contribution is -0.142. The standard InChI is InChI=1S/2C25H32N6O4S/c1-36-10-8-22(25(34)35)29-23(32)16-30(14-19-6-4-18(12-26)5-7-19)15-21-3-2-9-31(21)24(33)11-20-13-27-17-28-20;1-36-10-8-22(25(34)35)29-23(32)16-30(14-19-6-3-2-5-18(19)12-26)15-21-7-4-9-31(21)24(33)11-20-13-27-17-28-20/h4-7,13,17,21-22H,2-3,8-11,14-16H2,1H3,(H,27,28)(H,29,32)(H,34,35);2-3,5-6,13,17,21-22H,4,7-11,14-16H2,1H3,(H,27,28)(H,29,32)(H,34,35)/t2*21-,22-/m00/s1. The minimum atomic E-state index is -1.06. The van der Waals surface area contributed by atoms with Crippen molar-refractivity contribution in [1.82, 2.24) is 50.2 Å². The number of benzene rings is 2. The second kappa shape index (κ2) is 29.6. The minimum Gasteiger partial charge on any atom is -0.480 e. The Bertz CT molecular complexity index is 2460. The lowest BCUT2D eigenvalue weighted by Crippen LogP contribution is -2.49. The molecular weight excluding hydrogens is 961 g/mol. The van der Waals surface area contributed by atoms with Gasteiger partial charge in [0.25, 0.3) is 0 Å². The highest BCUT2D eigenvalue weighted by molar-refractivity contribution is 7.98. The molecule has 0 unspecified atom stereocenters. The Morgan fingerprint density at radius 3 is 1.64 bits per heavy atom. The molecule has 4 heterocycles. The van der Waals surface area contributed by atoms with E-state index in [0.29, 0.717) is 74.7 Å². The maximum atomic E-state index is 13.0. The van der Waals surface area contributed by atoms with Crippen LogP contribution in [-0.4, -0.2) is 173 Å². The predicted octanol–water partition coefficient (Wildman–Crippen LogP) is 3.28. The predicted molar refractivity (Wildman–Crippen MR) is 272 cm³/mol. The number of nitrogens with zero attached hydrogens (tertiary/aromatic N) is 8. The van der Waals surface area contributed by atoms with Crippen molar-refractivity contribution >= 4 is 59.1 Å². The average molecular weight is 1030 g/mol. The van der Waals surface area contributed by atoms with Crippen LogP contribution in [0.5, 0.6) is 0 Å². The van der Waals surface area contributed by atoms with Crippen LogP contribution >= 0.6 is 23.5 Å². The van der Waals surface area contributed by atoms with Crippen LogP contribution in [0.25, 0.3) is 0 Å². The number of aromatic amines is 2. The molecular formula is C50H64N12O8S2. The summed E-state index contributed by atoms with van der Waals surface area (Å²) < 4.78 is 0. The number of aliphatic carboxylic acids is 2. The second-order valence-corrected chi connectivity index (χ2v) is 19.6. The molecule has 0 radical (unpaired) electrons. The number of thioether (sulfide) groups is 2. The molecule has 20 nitrogen and oxygen atoms in total. The molecule has 72 heavy (non-hydrogen) atoms. The van der Waals surface area contributed by atoms with Crippen molar-refractivity contribution in [3.63, 3.8) is 0 Å². The summed E-state index contributed by atoms with van der Waals surface area (Å²) >= 11 is 3.05. The number of imidazole rings is 2. The van der Waals surface area contributed by atoms with E-state index in [1.54, 1.807) is 49.3 Å². The van der Waals surface area contributed by atoms with Crippen molar-refractivity contribution in [2.24, 2.45) is 0 Å². The van der Waals surface area contributed by atoms with Crippen LogP contribution in [0, 0.1) is 22.7 Å². The van der Waals surface area contributed by atoms with E-state index in [1.165, 1.54) is 23.5 Å². The normalized spacial score (nSPS) is 16.0. The zero-order chi connectivity index (χ0) is 51.8. The summed E-state index contributed by atoms with van der Waals surface area (Å²) in [6.07, 6.45) is 14.7. The van der Waals surface area contributed by atoms with Crippen LogP contribution in [0.2, 0.25) is 0 Å². The fourth-order valence-corrected chi connectivity index (χ4v) is 9.73. The monoisotopic (exact) mass is 1020 g/mol. The smallest absolute Gasteiger partial charge is 0.326 e. The molecule has 4 amide bonds. The number of carboxylic acid groups (broad SMARTS) is 2. The van der Waals surface area contributed by atoms with Gasteiger partial charge in [0.15, 0.2) is 0 Å². The van der Waals surface area contributed by atoms with Crippen molar-refractivity contribution in [1.29, 1.82) is 10.5 Å². The SMILES string of the molecule is CSCC[C@H](NC(=O)CN(Cc1ccc(C#N)cc1)C[C@@H]1CCCN1C(=O)Cc1cnc[nH]1)C(=O)O.CSCC[C@H](NC(=O)CN(Cc1ccccc1C#N)C[C@@H]1CCCN1C(=O)Cc1cnc[nH]1)C(=O)O. The van der Waals surface area contributed by atoms with Gasteiger partial charge in [-0.1, -0.05) is 30.3 Å². The number of carbonyl (C=O) groups is 6. The third-order valence-corrected chi connectivity index (χ3v) is 13.7. The Morgan fingerprint density at radius 2 is 1.21 bits per heavy atom. The second-order valence-electron chi connectivity index (χ2n) is 17.7. The van der Waals surface area contributed by atoms with Crippen molar-refractivity contribution < 1.29 is 39.0 Å². The van der Waals surface area contributed by atoms with E-state index in [2.05, 4.69) is 42.7 Å². The summed E-state index contributed by atoms with van der Waals surface area (Å²) in [6, 6.07) is 16.6. The maximum Gasteiger partial charge on any atom is 0.326 e. The van der Waals surface area contributed by atoms with Crippen LogP contribution < -0.4 is 10.6 Å². The number of nitrogens with one attached hydrogen (secondary N) is 4. The highest BCUT2D eigenvalue weighted by atomic mass is 32.2. The van der Waals surface area contributed by atoms with Gasteiger partial charge < -0.3 is 40.6 Å². The Hall–Kier alpha value is -6.72. The summed E-state index contributed by atoms with van der Waals surface area (Å²) in [7, 11) is 0. The molecule has 2 aliphatic rings. The first-order valence-electron chi connectivity index (χ1n) is 23.8. The molecule has 2 fully saturated rings. The lowest BCUT2D eigenvalue weighted by atomic mass is 10.1. The third kappa shape index (κ3) is 18.2. The van der Waals surface area contributed by atoms with Gasteiger partial charge in [-0.2, -0.15) is 34.0 Å². The van der Waals surface area contributed by atoms with Gasteiger partial charge in [0.2, 0.25) is 23.6 Å². The summed E-state index contributed by atoms with van der Waals surface area (Å²) in [5.41, 5.74) is 4.27. The number of likely N-dealkylation sites (tertiary alicyclic amines) is 2. The Kier molecular flexibility index (Phi) is 23.1. The molecule has 2 aromatic heterocycles. The van der Waals surface area contributed by atoms with Crippen LogP contribution in [0.15, 0.2) is 73.6 Å². The van der Waals surface area contributed by atoms with E-state index in [0.717, 1.165) is 48.2 Å². The molecule has 4 aromatic rings. The number of hydrogen-bond acceptors (Lipinski definition) is 14.